The fourth-order valence-electron chi connectivity index (χ4n) is 3.20. The Balaban J connectivity index is 1.52. The molecule has 2 aromatic rings. The van der Waals surface area contributed by atoms with Crippen molar-refractivity contribution in [2.24, 2.45) is 11.7 Å². The molecule has 0 spiro atoms. The fourth-order valence-corrected chi connectivity index (χ4v) is 3.20. The third kappa shape index (κ3) is 4.68. The van der Waals surface area contributed by atoms with Gasteiger partial charge in [0.1, 0.15) is 11.6 Å². The van der Waals surface area contributed by atoms with Crippen molar-refractivity contribution in [1.29, 1.82) is 5.41 Å². The molecule has 1 saturated heterocycles. The van der Waals surface area contributed by atoms with Crippen molar-refractivity contribution >= 4 is 17.7 Å². The number of likely N-dealkylation sites (tertiary alicyclic amines) is 1. The van der Waals surface area contributed by atoms with Crippen LogP contribution in [0.2, 0.25) is 0 Å². The van der Waals surface area contributed by atoms with E-state index in [9.17, 15) is 9.59 Å². The van der Waals surface area contributed by atoms with E-state index >= 15 is 0 Å². The summed E-state index contributed by atoms with van der Waals surface area (Å²) in [6.45, 7) is 0.840. The number of piperidine rings is 1. The molecule has 146 valence electrons. The van der Waals surface area contributed by atoms with Crippen molar-refractivity contribution in [3.63, 3.8) is 0 Å². The zero-order valence-corrected chi connectivity index (χ0v) is 15.4. The van der Waals surface area contributed by atoms with Gasteiger partial charge in [-0.1, -0.05) is 36.4 Å². The van der Waals surface area contributed by atoms with E-state index in [-0.39, 0.29) is 24.3 Å². The molecule has 3 rings (SSSR count). The van der Waals surface area contributed by atoms with Crippen LogP contribution in [0.5, 0.6) is 5.75 Å². The standard InChI is InChI=1S/C21H23N3O4/c22-20(23)16-3-1-14(2-4-16)15-5-7-18(8-6-15)28-13-19(25)24-11-9-17(10-12-24)21(26)27/h1-8,17H,9-13H2,(H3,22,23)(H,26,27). The summed E-state index contributed by atoms with van der Waals surface area (Å²) in [5, 5.41) is 16.4. The molecule has 4 N–H and O–H groups in total. The van der Waals surface area contributed by atoms with Gasteiger partial charge in [-0.2, -0.15) is 0 Å². The molecule has 2 aromatic carbocycles. The Morgan fingerprint density at radius 3 is 2.07 bits per heavy atom. The highest BCUT2D eigenvalue weighted by Gasteiger charge is 2.27. The summed E-state index contributed by atoms with van der Waals surface area (Å²) < 4.78 is 5.58. The van der Waals surface area contributed by atoms with Crippen LogP contribution in [0.3, 0.4) is 0 Å². The lowest BCUT2D eigenvalue weighted by molar-refractivity contribution is -0.146. The van der Waals surface area contributed by atoms with Crippen molar-refractivity contribution in [3.8, 4) is 16.9 Å². The van der Waals surface area contributed by atoms with Gasteiger partial charge in [0.05, 0.1) is 5.92 Å². The number of carbonyl (C=O) groups excluding carboxylic acids is 1. The number of nitrogens with zero attached hydrogens (tertiary/aromatic N) is 1. The summed E-state index contributed by atoms with van der Waals surface area (Å²) >= 11 is 0. The Kier molecular flexibility index (Phi) is 5.93. The highest BCUT2D eigenvalue weighted by molar-refractivity contribution is 5.95. The molecule has 1 amide bonds. The van der Waals surface area contributed by atoms with Gasteiger partial charge in [-0.15, -0.1) is 0 Å². The molecule has 0 aliphatic carbocycles. The molecule has 0 unspecified atom stereocenters. The fraction of sp³-hybridized carbons (Fsp3) is 0.286. The van der Waals surface area contributed by atoms with Crippen LogP contribution in [-0.2, 0) is 9.59 Å². The van der Waals surface area contributed by atoms with E-state index < -0.39 is 5.97 Å². The van der Waals surface area contributed by atoms with Gasteiger partial charge in [0.2, 0.25) is 0 Å². The smallest absolute Gasteiger partial charge is 0.306 e. The number of nitrogen functional groups attached to an aromatic ring is 1. The summed E-state index contributed by atoms with van der Waals surface area (Å²) in [4.78, 5) is 24.9. The highest BCUT2D eigenvalue weighted by atomic mass is 16.5. The van der Waals surface area contributed by atoms with Crippen molar-refractivity contribution in [2.45, 2.75) is 12.8 Å². The van der Waals surface area contributed by atoms with Crippen molar-refractivity contribution in [2.75, 3.05) is 19.7 Å². The maximum Gasteiger partial charge on any atom is 0.306 e. The van der Waals surface area contributed by atoms with E-state index in [0.717, 1.165) is 11.1 Å². The second-order valence-corrected chi connectivity index (χ2v) is 6.80. The number of nitrogens with one attached hydrogen (secondary N) is 1. The summed E-state index contributed by atoms with van der Waals surface area (Å²) in [5.41, 5.74) is 8.12. The molecule has 0 bridgehead atoms. The number of amidine groups is 1. The molecule has 1 fully saturated rings. The van der Waals surface area contributed by atoms with Gasteiger partial charge in [-0.05, 0) is 36.1 Å². The number of carbonyl (C=O) groups is 2. The van der Waals surface area contributed by atoms with Gasteiger partial charge in [0, 0.05) is 18.7 Å². The lowest BCUT2D eigenvalue weighted by Gasteiger charge is -2.30. The zero-order valence-electron chi connectivity index (χ0n) is 15.4. The first kappa shape index (κ1) is 19.4. The van der Waals surface area contributed by atoms with Gasteiger partial charge in [-0.3, -0.25) is 15.0 Å². The average molecular weight is 381 g/mol. The molecule has 7 nitrogen and oxygen atoms in total. The molecule has 0 aromatic heterocycles. The first-order valence-electron chi connectivity index (χ1n) is 9.12. The number of nitrogens with two attached hydrogens (primary N) is 1. The summed E-state index contributed by atoms with van der Waals surface area (Å²) in [6.07, 6.45) is 0.969. The van der Waals surface area contributed by atoms with Gasteiger partial charge in [0.25, 0.3) is 5.91 Å². The van der Waals surface area contributed by atoms with Crippen LogP contribution in [0.25, 0.3) is 11.1 Å². The van der Waals surface area contributed by atoms with Crippen LogP contribution < -0.4 is 10.5 Å². The molecular weight excluding hydrogens is 358 g/mol. The quantitative estimate of drug-likeness (QED) is 0.524. The third-order valence-electron chi connectivity index (χ3n) is 4.94. The molecule has 28 heavy (non-hydrogen) atoms. The van der Waals surface area contributed by atoms with Crippen molar-refractivity contribution < 1.29 is 19.4 Å². The molecule has 7 heteroatoms. The summed E-state index contributed by atoms with van der Waals surface area (Å²) in [7, 11) is 0. The number of ether oxygens (including phenoxy) is 1. The Morgan fingerprint density at radius 2 is 1.57 bits per heavy atom. The van der Waals surface area contributed by atoms with Crippen LogP contribution in [0.4, 0.5) is 0 Å². The summed E-state index contributed by atoms with van der Waals surface area (Å²) in [5.74, 6) is -0.654. The maximum absolute atomic E-state index is 12.2. The number of amides is 1. The molecule has 0 saturated carbocycles. The lowest BCUT2D eigenvalue weighted by Crippen LogP contribution is -2.42. The van der Waals surface area contributed by atoms with Gasteiger partial charge in [0.15, 0.2) is 6.61 Å². The monoisotopic (exact) mass is 381 g/mol. The number of benzene rings is 2. The summed E-state index contributed by atoms with van der Waals surface area (Å²) in [6, 6.07) is 14.8. The Hall–Kier alpha value is -3.35. The van der Waals surface area contributed by atoms with E-state index in [4.69, 9.17) is 21.0 Å². The minimum atomic E-state index is -0.792. The second-order valence-electron chi connectivity index (χ2n) is 6.80. The molecule has 0 radical (unpaired) electrons. The van der Waals surface area contributed by atoms with E-state index in [2.05, 4.69) is 0 Å². The number of carboxylic acid groups (broad SMARTS) is 1. The Bertz CT molecular complexity index is 854. The van der Waals surface area contributed by atoms with E-state index in [1.54, 1.807) is 29.2 Å². The van der Waals surface area contributed by atoms with Gasteiger partial charge in [-0.25, -0.2) is 0 Å². The van der Waals surface area contributed by atoms with Crippen molar-refractivity contribution in [3.05, 3.63) is 54.1 Å². The number of aliphatic carboxylic acids is 1. The first-order chi connectivity index (χ1) is 13.4. The third-order valence-corrected chi connectivity index (χ3v) is 4.94. The molecule has 1 aliphatic rings. The Morgan fingerprint density at radius 1 is 1.04 bits per heavy atom. The number of rotatable bonds is 6. The van der Waals surface area contributed by atoms with Crippen molar-refractivity contribution in [1.82, 2.24) is 4.90 Å². The maximum atomic E-state index is 12.2. The van der Waals surface area contributed by atoms with Crippen LogP contribution in [0.15, 0.2) is 48.5 Å². The molecule has 1 aliphatic heterocycles. The number of hydrogen-bond donors (Lipinski definition) is 3. The second kappa shape index (κ2) is 8.56. The predicted octanol–water partition coefficient (Wildman–Crippen LogP) is 2.34. The average Bonchev–Trinajstić information content (AvgIpc) is 2.72. The number of carboxylic acids is 1. The molecule has 0 atom stereocenters. The van der Waals surface area contributed by atoms with Crippen LogP contribution in [-0.4, -0.2) is 47.4 Å². The Labute approximate surface area is 163 Å². The molecular formula is C21H23N3O4. The minimum absolute atomic E-state index is 0.0344. The number of hydrogen-bond acceptors (Lipinski definition) is 4. The lowest BCUT2D eigenvalue weighted by atomic mass is 9.97. The largest absolute Gasteiger partial charge is 0.484 e. The van der Waals surface area contributed by atoms with E-state index in [0.29, 0.717) is 37.2 Å². The normalized spacial score (nSPS) is 14.5. The zero-order chi connectivity index (χ0) is 20.1. The van der Waals surface area contributed by atoms with Gasteiger partial charge >= 0.3 is 5.97 Å². The first-order valence-corrected chi connectivity index (χ1v) is 9.12. The van der Waals surface area contributed by atoms with Crippen LogP contribution in [0.1, 0.15) is 18.4 Å². The van der Waals surface area contributed by atoms with E-state index in [1.165, 1.54) is 0 Å². The SMILES string of the molecule is N=C(N)c1ccc(-c2ccc(OCC(=O)N3CCC(C(=O)O)CC3)cc2)cc1. The van der Waals surface area contributed by atoms with Crippen LogP contribution >= 0.6 is 0 Å². The van der Waals surface area contributed by atoms with Crippen LogP contribution in [0, 0.1) is 11.3 Å². The predicted molar refractivity (Wildman–Crippen MR) is 105 cm³/mol. The highest BCUT2D eigenvalue weighted by Crippen LogP contribution is 2.23. The van der Waals surface area contributed by atoms with E-state index in [1.807, 2.05) is 24.3 Å². The van der Waals surface area contributed by atoms with Gasteiger partial charge < -0.3 is 20.5 Å². The molecule has 1 heterocycles. The minimum Gasteiger partial charge on any atom is -0.484 e. The topological polar surface area (TPSA) is 117 Å².